The summed E-state index contributed by atoms with van der Waals surface area (Å²) >= 11 is 0. The van der Waals surface area contributed by atoms with Gasteiger partial charge >= 0.3 is 0 Å². The number of hydrogen-bond acceptors (Lipinski definition) is 2. The third-order valence-corrected chi connectivity index (χ3v) is 2.20. The van der Waals surface area contributed by atoms with E-state index in [4.69, 9.17) is 0 Å². The zero-order valence-corrected chi connectivity index (χ0v) is 9.63. The maximum atomic E-state index is 13.6. The van der Waals surface area contributed by atoms with Gasteiger partial charge in [-0.05, 0) is 18.1 Å². The van der Waals surface area contributed by atoms with Crippen LogP contribution in [0.5, 0.6) is 0 Å². The average Bonchev–Trinajstić information content (AvgIpc) is 2.15. The van der Waals surface area contributed by atoms with Crippen LogP contribution >= 0.6 is 0 Å². The zero-order chi connectivity index (χ0) is 12.3. The van der Waals surface area contributed by atoms with Crippen molar-refractivity contribution in [2.75, 3.05) is 18.5 Å². The molecule has 0 bridgehead atoms. The van der Waals surface area contributed by atoms with Crippen molar-refractivity contribution in [3.8, 4) is 0 Å². The first-order valence-electron chi connectivity index (χ1n) is 5.11. The highest BCUT2D eigenvalue weighted by molar-refractivity contribution is 5.76. The predicted molar refractivity (Wildman–Crippen MR) is 59.9 cm³/mol. The van der Waals surface area contributed by atoms with Crippen molar-refractivity contribution in [1.29, 1.82) is 0 Å². The van der Waals surface area contributed by atoms with Crippen LogP contribution in [0.1, 0.15) is 24.2 Å². The molecule has 0 aliphatic heterocycles. The fourth-order valence-electron chi connectivity index (χ4n) is 1.66. The van der Waals surface area contributed by atoms with Gasteiger partial charge in [-0.15, -0.1) is 0 Å². The summed E-state index contributed by atoms with van der Waals surface area (Å²) in [7, 11) is 1.63. The quantitative estimate of drug-likeness (QED) is 0.737. The molecule has 16 heavy (non-hydrogen) atoms. The summed E-state index contributed by atoms with van der Waals surface area (Å²) in [4.78, 5) is 11.9. The molecule has 0 aromatic heterocycles. The lowest BCUT2D eigenvalue weighted by molar-refractivity contribution is 0.112. The summed E-state index contributed by atoms with van der Waals surface area (Å²) in [5, 5.41) is 0. The highest BCUT2D eigenvalue weighted by Crippen LogP contribution is 2.24. The maximum Gasteiger partial charge on any atom is 0.150 e. The van der Waals surface area contributed by atoms with E-state index in [1.54, 1.807) is 7.05 Å². The van der Waals surface area contributed by atoms with Crippen LogP contribution in [0.3, 0.4) is 0 Å². The van der Waals surface area contributed by atoms with E-state index in [0.29, 0.717) is 18.7 Å². The third-order valence-electron chi connectivity index (χ3n) is 2.20. The SMILES string of the molecule is CC(C)CN(C)c1c(F)cc(C=O)cc1F. The number of carbonyl (C=O) groups excluding carboxylic acids is 1. The maximum absolute atomic E-state index is 13.6. The molecular weight excluding hydrogens is 212 g/mol. The lowest BCUT2D eigenvalue weighted by Gasteiger charge is -2.22. The number of nitrogens with zero attached hydrogens (tertiary/aromatic N) is 1. The smallest absolute Gasteiger partial charge is 0.150 e. The Morgan fingerprint density at radius 2 is 1.81 bits per heavy atom. The molecule has 0 atom stereocenters. The third kappa shape index (κ3) is 2.78. The van der Waals surface area contributed by atoms with Crippen LogP contribution in [0, 0.1) is 17.6 Å². The van der Waals surface area contributed by atoms with Gasteiger partial charge < -0.3 is 4.90 Å². The number of halogens is 2. The highest BCUT2D eigenvalue weighted by atomic mass is 19.1. The Morgan fingerprint density at radius 3 is 2.19 bits per heavy atom. The lowest BCUT2D eigenvalue weighted by Crippen LogP contribution is -2.24. The Bertz CT molecular complexity index is 368. The first kappa shape index (κ1) is 12.6. The van der Waals surface area contributed by atoms with E-state index in [1.165, 1.54) is 4.90 Å². The summed E-state index contributed by atoms with van der Waals surface area (Å²) in [6.07, 6.45) is 0.429. The van der Waals surface area contributed by atoms with Gasteiger partial charge in [0.25, 0.3) is 0 Å². The largest absolute Gasteiger partial charge is 0.370 e. The number of carbonyl (C=O) groups is 1. The summed E-state index contributed by atoms with van der Waals surface area (Å²) in [5.74, 6) is -1.11. The van der Waals surface area contributed by atoms with Gasteiger partial charge in [0.15, 0.2) is 0 Å². The monoisotopic (exact) mass is 227 g/mol. The molecule has 1 aromatic carbocycles. The molecule has 2 nitrogen and oxygen atoms in total. The number of hydrogen-bond donors (Lipinski definition) is 0. The van der Waals surface area contributed by atoms with Gasteiger partial charge in [0, 0.05) is 19.2 Å². The summed E-state index contributed by atoms with van der Waals surface area (Å²) in [5.41, 5.74) is -0.0732. The molecule has 0 saturated carbocycles. The first-order chi connectivity index (χ1) is 7.45. The Labute approximate surface area is 93.9 Å². The highest BCUT2D eigenvalue weighted by Gasteiger charge is 2.15. The van der Waals surface area contributed by atoms with Crippen molar-refractivity contribution in [3.05, 3.63) is 29.3 Å². The molecule has 0 aliphatic carbocycles. The van der Waals surface area contributed by atoms with Crippen molar-refractivity contribution in [2.24, 2.45) is 5.92 Å². The van der Waals surface area contributed by atoms with Gasteiger partial charge in [-0.25, -0.2) is 8.78 Å². The van der Waals surface area contributed by atoms with Crippen molar-refractivity contribution in [2.45, 2.75) is 13.8 Å². The topological polar surface area (TPSA) is 20.3 Å². The van der Waals surface area contributed by atoms with Crippen LogP contribution in [0.2, 0.25) is 0 Å². The van der Waals surface area contributed by atoms with Crippen LogP contribution in [-0.2, 0) is 0 Å². The molecule has 0 spiro atoms. The van der Waals surface area contributed by atoms with Crippen molar-refractivity contribution in [3.63, 3.8) is 0 Å². The molecule has 0 fully saturated rings. The van der Waals surface area contributed by atoms with Crippen molar-refractivity contribution < 1.29 is 13.6 Å². The molecule has 0 saturated heterocycles. The minimum Gasteiger partial charge on any atom is -0.370 e. The molecule has 0 radical (unpaired) electrons. The van der Waals surface area contributed by atoms with E-state index in [-0.39, 0.29) is 11.3 Å². The standard InChI is InChI=1S/C12H15F2NO/c1-8(2)6-15(3)12-10(13)4-9(7-16)5-11(12)14/h4-5,7-8H,6H2,1-3H3. The van der Waals surface area contributed by atoms with Crippen LogP contribution in [-0.4, -0.2) is 19.9 Å². The molecule has 0 aliphatic rings. The second kappa shape index (κ2) is 5.05. The van der Waals surface area contributed by atoms with Gasteiger partial charge in [0.1, 0.15) is 23.6 Å². The molecule has 4 heteroatoms. The zero-order valence-electron chi connectivity index (χ0n) is 9.63. The summed E-state index contributed by atoms with van der Waals surface area (Å²) < 4.78 is 27.1. The van der Waals surface area contributed by atoms with Crippen LogP contribution in [0.15, 0.2) is 12.1 Å². The minimum absolute atomic E-state index is 0.0108. The Morgan fingerprint density at radius 1 is 1.31 bits per heavy atom. The number of anilines is 1. The second-order valence-electron chi connectivity index (χ2n) is 4.23. The van der Waals surface area contributed by atoms with Gasteiger partial charge in [0.2, 0.25) is 0 Å². The van der Waals surface area contributed by atoms with Crippen LogP contribution in [0.4, 0.5) is 14.5 Å². The van der Waals surface area contributed by atoms with Gasteiger partial charge in [-0.3, -0.25) is 4.79 Å². The van der Waals surface area contributed by atoms with E-state index >= 15 is 0 Å². The summed E-state index contributed by atoms with van der Waals surface area (Å²) in [6.45, 7) is 4.48. The van der Waals surface area contributed by atoms with E-state index in [1.807, 2.05) is 13.8 Å². The van der Waals surface area contributed by atoms with E-state index in [0.717, 1.165) is 12.1 Å². The minimum atomic E-state index is -0.703. The number of benzene rings is 1. The molecule has 1 rings (SSSR count). The van der Waals surface area contributed by atoms with Crippen molar-refractivity contribution in [1.82, 2.24) is 0 Å². The van der Waals surface area contributed by atoms with Gasteiger partial charge in [0.05, 0.1) is 0 Å². The Balaban J connectivity index is 3.08. The van der Waals surface area contributed by atoms with E-state index in [2.05, 4.69) is 0 Å². The Hall–Kier alpha value is -1.45. The van der Waals surface area contributed by atoms with E-state index < -0.39 is 11.6 Å². The lowest BCUT2D eigenvalue weighted by atomic mass is 10.1. The van der Waals surface area contributed by atoms with Crippen LogP contribution in [0.25, 0.3) is 0 Å². The van der Waals surface area contributed by atoms with Crippen LogP contribution < -0.4 is 4.90 Å². The van der Waals surface area contributed by atoms with Gasteiger partial charge in [-0.1, -0.05) is 13.8 Å². The average molecular weight is 227 g/mol. The Kier molecular flexibility index (Phi) is 3.99. The molecule has 1 aromatic rings. The molecule has 0 N–H and O–H groups in total. The van der Waals surface area contributed by atoms with Crippen molar-refractivity contribution >= 4 is 12.0 Å². The molecule has 88 valence electrons. The number of aldehydes is 1. The molecular formula is C12H15F2NO. The molecule has 0 heterocycles. The fourth-order valence-corrected chi connectivity index (χ4v) is 1.66. The molecule has 0 unspecified atom stereocenters. The van der Waals surface area contributed by atoms with Gasteiger partial charge in [-0.2, -0.15) is 0 Å². The first-order valence-corrected chi connectivity index (χ1v) is 5.11. The summed E-state index contributed by atoms with van der Waals surface area (Å²) in [6, 6.07) is 2.09. The predicted octanol–water partition coefficient (Wildman–Crippen LogP) is 2.87. The van der Waals surface area contributed by atoms with E-state index in [9.17, 15) is 13.6 Å². The normalized spacial score (nSPS) is 10.6. The number of rotatable bonds is 4. The fraction of sp³-hybridized carbons (Fsp3) is 0.417. The molecule has 0 amide bonds. The second-order valence-corrected chi connectivity index (χ2v) is 4.23.